The SMILES string of the molecule is C1NCN2COCC12. The average Bonchev–Trinajstić information content (AvgIpc) is 2.15. The number of hydrogen-bond acceptors (Lipinski definition) is 3. The van der Waals surface area contributed by atoms with Gasteiger partial charge in [-0.3, -0.25) is 4.90 Å². The van der Waals surface area contributed by atoms with Gasteiger partial charge in [-0.25, -0.2) is 0 Å². The van der Waals surface area contributed by atoms with Crippen molar-refractivity contribution in [2.75, 3.05) is 26.6 Å². The van der Waals surface area contributed by atoms with Crippen molar-refractivity contribution < 1.29 is 4.74 Å². The first-order valence-electron chi connectivity index (χ1n) is 2.99. The van der Waals surface area contributed by atoms with E-state index in [9.17, 15) is 0 Å². The summed E-state index contributed by atoms with van der Waals surface area (Å²) in [6.07, 6.45) is 0. The van der Waals surface area contributed by atoms with Crippen molar-refractivity contribution in [2.45, 2.75) is 6.04 Å². The van der Waals surface area contributed by atoms with Crippen molar-refractivity contribution in [3.05, 3.63) is 0 Å². The Bertz CT molecular complexity index is 76.4. The van der Waals surface area contributed by atoms with E-state index in [4.69, 9.17) is 4.74 Å². The molecule has 3 heteroatoms. The molecule has 0 saturated carbocycles. The van der Waals surface area contributed by atoms with Crippen molar-refractivity contribution in [1.82, 2.24) is 10.2 Å². The first-order valence-corrected chi connectivity index (χ1v) is 2.99. The van der Waals surface area contributed by atoms with Crippen LogP contribution in [-0.4, -0.2) is 37.5 Å². The predicted molar refractivity (Wildman–Crippen MR) is 29.3 cm³/mol. The van der Waals surface area contributed by atoms with E-state index in [-0.39, 0.29) is 0 Å². The fraction of sp³-hybridized carbons (Fsp3) is 1.00. The summed E-state index contributed by atoms with van der Waals surface area (Å²) in [6, 6.07) is 0.676. The molecular weight excluding hydrogens is 104 g/mol. The number of hydrogen-bond donors (Lipinski definition) is 1. The topological polar surface area (TPSA) is 24.5 Å². The Labute approximate surface area is 48.6 Å². The molecule has 2 heterocycles. The fourth-order valence-corrected chi connectivity index (χ4v) is 1.25. The van der Waals surface area contributed by atoms with Crippen LogP contribution in [-0.2, 0) is 4.74 Å². The number of ether oxygens (including phenoxy) is 1. The lowest BCUT2D eigenvalue weighted by Crippen LogP contribution is -2.24. The van der Waals surface area contributed by atoms with Crippen LogP contribution in [0.4, 0.5) is 0 Å². The summed E-state index contributed by atoms with van der Waals surface area (Å²) < 4.78 is 5.20. The molecule has 0 aromatic rings. The van der Waals surface area contributed by atoms with Crippen molar-refractivity contribution in [3.8, 4) is 0 Å². The van der Waals surface area contributed by atoms with E-state index >= 15 is 0 Å². The zero-order valence-electron chi connectivity index (χ0n) is 4.76. The molecule has 0 aliphatic carbocycles. The van der Waals surface area contributed by atoms with Gasteiger partial charge in [-0.1, -0.05) is 0 Å². The molecule has 0 radical (unpaired) electrons. The van der Waals surface area contributed by atoms with Crippen LogP contribution in [0.3, 0.4) is 0 Å². The summed E-state index contributed by atoms with van der Waals surface area (Å²) in [5.41, 5.74) is 0. The third kappa shape index (κ3) is 0.555. The van der Waals surface area contributed by atoms with Gasteiger partial charge in [0.05, 0.1) is 13.3 Å². The minimum Gasteiger partial charge on any atom is -0.364 e. The van der Waals surface area contributed by atoms with Crippen molar-refractivity contribution in [2.24, 2.45) is 0 Å². The molecule has 1 atom stereocenters. The van der Waals surface area contributed by atoms with E-state index in [1.807, 2.05) is 0 Å². The molecule has 2 rings (SSSR count). The van der Waals surface area contributed by atoms with Crippen LogP contribution in [0.15, 0.2) is 0 Å². The highest BCUT2D eigenvalue weighted by atomic mass is 16.5. The van der Waals surface area contributed by atoms with Crippen molar-refractivity contribution in [1.29, 1.82) is 0 Å². The summed E-state index contributed by atoms with van der Waals surface area (Å²) in [5, 5.41) is 3.27. The molecule has 0 aromatic carbocycles. The Morgan fingerprint density at radius 1 is 1.62 bits per heavy atom. The van der Waals surface area contributed by atoms with Crippen LogP contribution in [0.5, 0.6) is 0 Å². The summed E-state index contributed by atoms with van der Waals surface area (Å²) in [7, 11) is 0. The molecule has 1 unspecified atom stereocenters. The highest BCUT2D eigenvalue weighted by molar-refractivity contribution is 4.81. The highest BCUT2D eigenvalue weighted by Gasteiger charge is 2.28. The standard InChI is InChI=1S/C5H10N2O/c1-5-2-8-4-7(5)3-6-1/h5-6H,1-4H2. The smallest absolute Gasteiger partial charge is 0.100 e. The molecular formula is C5H10N2O. The van der Waals surface area contributed by atoms with Gasteiger partial charge in [0.2, 0.25) is 0 Å². The Morgan fingerprint density at radius 3 is 3.50 bits per heavy atom. The maximum absolute atomic E-state index is 5.20. The van der Waals surface area contributed by atoms with E-state index in [2.05, 4.69) is 10.2 Å². The molecule has 2 saturated heterocycles. The van der Waals surface area contributed by atoms with Crippen LogP contribution in [0.1, 0.15) is 0 Å². The summed E-state index contributed by atoms with van der Waals surface area (Å²) in [6.45, 7) is 3.88. The van der Waals surface area contributed by atoms with Crippen LogP contribution in [0, 0.1) is 0 Å². The zero-order chi connectivity index (χ0) is 5.40. The normalized spacial score (nSPS) is 38.2. The third-order valence-electron chi connectivity index (χ3n) is 1.78. The minimum atomic E-state index is 0.676. The minimum absolute atomic E-state index is 0.676. The largest absolute Gasteiger partial charge is 0.364 e. The first-order chi connectivity index (χ1) is 3.97. The van der Waals surface area contributed by atoms with Gasteiger partial charge in [0, 0.05) is 12.6 Å². The lowest BCUT2D eigenvalue weighted by molar-refractivity contribution is 0.140. The van der Waals surface area contributed by atoms with E-state index in [1.165, 1.54) is 0 Å². The Morgan fingerprint density at radius 2 is 2.62 bits per heavy atom. The molecule has 0 spiro atoms. The van der Waals surface area contributed by atoms with Crippen LogP contribution in [0.25, 0.3) is 0 Å². The van der Waals surface area contributed by atoms with Crippen molar-refractivity contribution in [3.63, 3.8) is 0 Å². The van der Waals surface area contributed by atoms with Crippen LogP contribution in [0.2, 0.25) is 0 Å². The maximum Gasteiger partial charge on any atom is 0.100 e. The summed E-state index contributed by atoms with van der Waals surface area (Å²) >= 11 is 0. The molecule has 46 valence electrons. The monoisotopic (exact) mass is 114 g/mol. The molecule has 0 bridgehead atoms. The van der Waals surface area contributed by atoms with Gasteiger partial charge in [0.15, 0.2) is 0 Å². The van der Waals surface area contributed by atoms with E-state index in [0.717, 1.165) is 26.6 Å². The number of fused-ring (bicyclic) bond motifs is 1. The van der Waals surface area contributed by atoms with Crippen LogP contribution >= 0.6 is 0 Å². The molecule has 8 heavy (non-hydrogen) atoms. The highest BCUT2D eigenvalue weighted by Crippen LogP contribution is 2.10. The predicted octanol–water partition coefficient (Wildman–Crippen LogP) is -0.795. The van der Waals surface area contributed by atoms with E-state index < -0.39 is 0 Å². The molecule has 3 nitrogen and oxygen atoms in total. The molecule has 2 aliphatic heterocycles. The molecule has 1 N–H and O–H groups in total. The second-order valence-electron chi connectivity index (χ2n) is 2.35. The molecule has 2 aliphatic rings. The lowest BCUT2D eigenvalue weighted by atomic mass is 10.3. The average molecular weight is 114 g/mol. The van der Waals surface area contributed by atoms with Crippen LogP contribution < -0.4 is 5.32 Å². The van der Waals surface area contributed by atoms with E-state index in [1.54, 1.807) is 0 Å². The van der Waals surface area contributed by atoms with Gasteiger partial charge < -0.3 is 10.1 Å². The first kappa shape index (κ1) is 4.73. The Hall–Kier alpha value is -0.120. The fourth-order valence-electron chi connectivity index (χ4n) is 1.25. The molecule has 2 fully saturated rings. The number of rotatable bonds is 0. The summed E-state index contributed by atoms with van der Waals surface area (Å²) in [4.78, 5) is 2.31. The second-order valence-corrected chi connectivity index (χ2v) is 2.35. The van der Waals surface area contributed by atoms with Crippen molar-refractivity contribution >= 4 is 0 Å². The Balaban J connectivity index is 2.04. The van der Waals surface area contributed by atoms with Gasteiger partial charge in [0.25, 0.3) is 0 Å². The second kappa shape index (κ2) is 1.69. The Kier molecular flexibility index (Phi) is 0.997. The zero-order valence-corrected chi connectivity index (χ0v) is 4.76. The number of nitrogens with zero attached hydrogens (tertiary/aromatic N) is 1. The van der Waals surface area contributed by atoms with Gasteiger partial charge in [0.1, 0.15) is 6.73 Å². The van der Waals surface area contributed by atoms with Gasteiger partial charge >= 0.3 is 0 Å². The van der Waals surface area contributed by atoms with Gasteiger partial charge in [-0.15, -0.1) is 0 Å². The third-order valence-corrected chi connectivity index (χ3v) is 1.78. The summed E-state index contributed by atoms with van der Waals surface area (Å²) in [5.74, 6) is 0. The van der Waals surface area contributed by atoms with Gasteiger partial charge in [-0.05, 0) is 0 Å². The lowest BCUT2D eigenvalue weighted by Gasteiger charge is -2.07. The van der Waals surface area contributed by atoms with E-state index in [0.29, 0.717) is 6.04 Å². The number of nitrogens with one attached hydrogen (secondary N) is 1. The maximum atomic E-state index is 5.20. The molecule has 0 amide bonds. The molecule has 0 aromatic heterocycles. The van der Waals surface area contributed by atoms with Gasteiger partial charge in [-0.2, -0.15) is 0 Å². The quantitative estimate of drug-likeness (QED) is 0.446.